The largest absolute Gasteiger partial charge is 0.396 e. The molecule has 3 heteroatoms. The van der Waals surface area contributed by atoms with Gasteiger partial charge in [0.1, 0.15) is 0 Å². The van der Waals surface area contributed by atoms with Gasteiger partial charge in [-0.1, -0.05) is 36.4 Å². The highest BCUT2D eigenvalue weighted by molar-refractivity contribution is 6.30. The molecule has 20 heavy (non-hydrogen) atoms. The Hall–Kier alpha value is -1.01. The van der Waals surface area contributed by atoms with E-state index in [0.717, 1.165) is 49.5 Å². The standard InChI is InChI=1S/C17H22ClNO/c1-2-17(14-20)8-11-19(12-9-17)10-4-6-15-5-3-7-16(18)13-15/h3,5,7,13,20H,2,8-12,14H2,1H3. The van der Waals surface area contributed by atoms with Gasteiger partial charge in [-0.25, -0.2) is 0 Å². The van der Waals surface area contributed by atoms with Gasteiger partial charge in [-0.05, 0) is 56.0 Å². The van der Waals surface area contributed by atoms with Crippen LogP contribution >= 0.6 is 11.6 Å². The fraction of sp³-hybridized carbons (Fsp3) is 0.529. The number of nitrogens with zero attached hydrogens (tertiary/aromatic N) is 1. The molecule has 0 bridgehead atoms. The molecule has 0 aliphatic carbocycles. The number of aliphatic hydroxyl groups is 1. The van der Waals surface area contributed by atoms with E-state index >= 15 is 0 Å². The number of benzene rings is 1. The molecule has 0 spiro atoms. The molecule has 1 aliphatic rings. The van der Waals surface area contributed by atoms with E-state index in [2.05, 4.69) is 23.7 Å². The highest BCUT2D eigenvalue weighted by atomic mass is 35.5. The smallest absolute Gasteiger partial charge is 0.0605 e. The third-order valence-corrected chi connectivity index (χ3v) is 4.60. The summed E-state index contributed by atoms with van der Waals surface area (Å²) >= 11 is 5.93. The van der Waals surface area contributed by atoms with Crippen LogP contribution in [0, 0.1) is 17.3 Å². The minimum absolute atomic E-state index is 0.150. The molecule has 1 aromatic carbocycles. The number of aliphatic hydroxyl groups excluding tert-OH is 1. The average Bonchev–Trinajstić information content (AvgIpc) is 2.48. The zero-order chi connectivity index (χ0) is 14.4. The van der Waals surface area contributed by atoms with Crippen LogP contribution in [0.25, 0.3) is 0 Å². The molecule has 1 aliphatic heterocycles. The van der Waals surface area contributed by atoms with Crippen molar-refractivity contribution in [1.29, 1.82) is 0 Å². The Morgan fingerprint density at radius 2 is 2.10 bits per heavy atom. The van der Waals surface area contributed by atoms with Crippen molar-refractivity contribution in [3.05, 3.63) is 34.9 Å². The maximum absolute atomic E-state index is 9.52. The van der Waals surface area contributed by atoms with Crippen molar-refractivity contribution in [2.75, 3.05) is 26.2 Å². The first-order valence-corrected chi connectivity index (χ1v) is 7.63. The SMILES string of the molecule is CCC1(CO)CCN(CC#Cc2cccc(Cl)c2)CC1. The van der Waals surface area contributed by atoms with Gasteiger partial charge in [0.2, 0.25) is 0 Å². The Morgan fingerprint density at radius 3 is 2.70 bits per heavy atom. The molecule has 2 rings (SSSR count). The van der Waals surface area contributed by atoms with Crippen molar-refractivity contribution in [2.45, 2.75) is 26.2 Å². The van der Waals surface area contributed by atoms with Crippen molar-refractivity contribution in [1.82, 2.24) is 4.90 Å². The van der Waals surface area contributed by atoms with Crippen LogP contribution in [0.4, 0.5) is 0 Å². The maximum Gasteiger partial charge on any atom is 0.0605 e. The monoisotopic (exact) mass is 291 g/mol. The minimum Gasteiger partial charge on any atom is -0.396 e. The summed E-state index contributed by atoms with van der Waals surface area (Å²) in [4.78, 5) is 2.36. The maximum atomic E-state index is 9.52. The predicted molar refractivity (Wildman–Crippen MR) is 83.8 cm³/mol. The molecule has 1 heterocycles. The van der Waals surface area contributed by atoms with Crippen molar-refractivity contribution in [2.24, 2.45) is 5.41 Å². The predicted octanol–water partition coefficient (Wildman–Crippen LogP) is 3.18. The van der Waals surface area contributed by atoms with Crippen LogP contribution in [0.1, 0.15) is 31.7 Å². The van der Waals surface area contributed by atoms with Gasteiger partial charge in [0.25, 0.3) is 0 Å². The highest BCUT2D eigenvalue weighted by Gasteiger charge is 2.31. The molecule has 0 unspecified atom stereocenters. The van der Waals surface area contributed by atoms with Gasteiger partial charge in [-0.2, -0.15) is 0 Å². The fourth-order valence-electron chi connectivity index (χ4n) is 2.63. The zero-order valence-electron chi connectivity index (χ0n) is 12.0. The fourth-order valence-corrected chi connectivity index (χ4v) is 2.82. The lowest BCUT2D eigenvalue weighted by Crippen LogP contribution is -2.41. The summed E-state index contributed by atoms with van der Waals surface area (Å²) in [7, 11) is 0. The molecule has 1 fully saturated rings. The van der Waals surface area contributed by atoms with Crippen LogP contribution in [-0.2, 0) is 0 Å². The molecular weight excluding hydrogens is 270 g/mol. The van der Waals surface area contributed by atoms with Crippen LogP contribution in [0.3, 0.4) is 0 Å². The van der Waals surface area contributed by atoms with Crippen LogP contribution < -0.4 is 0 Å². The number of likely N-dealkylation sites (tertiary alicyclic amines) is 1. The van der Waals surface area contributed by atoms with Gasteiger partial charge in [-0.15, -0.1) is 0 Å². The lowest BCUT2D eigenvalue weighted by Gasteiger charge is -2.39. The van der Waals surface area contributed by atoms with E-state index in [4.69, 9.17) is 11.6 Å². The van der Waals surface area contributed by atoms with E-state index in [1.807, 2.05) is 24.3 Å². The average molecular weight is 292 g/mol. The van der Waals surface area contributed by atoms with Gasteiger partial charge in [0.15, 0.2) is 0 Å². The third-order valence-electron chi connectivity index (χ3n) is 4.36. The Kier molecular flexibility index (Phi) is 5.48. The van der Waals surface area contributed by atoms with Crippen molar-refractivity contribution in [3.63, 3.8) is 0 Å². The van der Waals surface area contributed by atoms with Crippen molar-refractivity contribution >= 4 is 11.6 Å². The Balaban J connectivity index is 1.85. The van der Waals surface area contributed by atoms with Crippen LogP contribution in [0.15, 0.2) is 24.3 Å². The van der Waals surface area contributed by atoms with Crippen molar-refractivity contribution in [3.8, 4) is 11.8 Å². The van der Waals surface area contributed by atoms with Gasteiger partial charge >= 0.3 is 0 Å². The van der Waals surface area contributed by atoms with Crippen molar-refractivity contribution < 1.29 is 5.11 Å². The van der Waals surface area contributed by atoms with E-state index < -0.39 is 0 Å². The first-order chi connectivity index (χ1) is 9.67. The number of hydrogen-bond acceptors (Lipinski definition) is 2. The van der Waals surface area contributed by atoms with Crippen LogP contribution in [0.5, 0.6) is 0 Å². The van der Waals surface area contributed by atoms with E-state index in [1.54, 1.807) is 0 Å². The first kappa shape index (κ1) is 15.4. The molecule has 0 atom stereocenters. The van der Waals surface area contributed by atoms with Gasteiger partial charge in [-0.3, -0.25) is 4.90 Å². The van der Waals surface area contributed by atoms with Gasteiger partial charge in [0.05, 0.1) is 6.54 Å². The quantitative estimate of drug-likeness (QED) is 0.865. The molecule has 0 aromatic heterocycles. The first-order valence-electron chi connectivity index (χ1n) is 7.25. The zero-order valence-corrected chi connectivity index (χ0v) is 12.8. The molecule has 108 valence electrons. The second-order valence-corrected chi connectivity index (χ2v) is 6.04. The summed E-state index contributed by atoms with van der Waals surface area (Å²) in [6.45, 7) is 5.32. The van der Waals surface area contributed by atoms with Gasteiger partial charge < -0.3 is 5.11 Å². The molecule has 1 aromatic rings. The van der Waals surface area contributed by atoms with E-state index in [1.165, 1.54) is 0 Å². The molecule has 1 saturated heterocycles. The van der Waals surface area contributed by atoms with Crippen LogP contribution in [0.2, 0.25) is 5.02 Å². The van der Waals surface area contributed by atoms with E-state index in [0.29, 0.717) is 6.61 Å². The Bertz CT molecular complexity index is 489. The topological polar surface area (TPSA) is 23.5 Å². The summed E-state index contributed by atoms with van der Waals surface area (Å²) in [6, 6.07) is 7.64. The van der Waals surface area contributed by atoms with E-state index in [9.17, 15) is 5.11 Å². The second-order valence-electron chi connectivity index (χ2n) is 5.60. The third kappa shape index (κ3) is 3.99. The summed E-state index contributed by atoms with van der Waals surface area (Å²) in [6.07, 6.45) is 3.20. The Labute approximate surface area is 126 Å². The molecule has 1 N–H and O–H groups in total. The molecular formula is C17H22ClNO. The van der Waals surface area contributed by atoms with E-state index in [-0.39, 0.29) is 5.41 Å². The number of piperidine rings is 1. The minimum atomic E-state index is 0.150. The highest BCUT2D eigenvalue weighted by Crippen LogP contribution is 2.33. The van der Waals surface area contributed by atoms with Crippen LogP contribution in [-0.4, -0.2) is 36.2 Å². The molecule has 0 amide bonds. The number of hydrogen-bond donors (Lipinski definition) is 1. The Morgan fingerprint density at radius 1 is 1.35 bits per heavy atom. The number of rotatable bonds is 3. The summed E-state index contributed by atoms with van der Waals surface area (Å²) in [5.41, 5.74) is 1.12. The molecule has 0 saturated carbocycles. The lowest BCUT2D eigenvalue weighted by atomic mass is 9.77. The summed E-state index contributed by atoms with van der Waals surface area (Å²) < 4.78 is 0. The molecule has 2 nitrogen and oxygen atoms in total. The number of halogens is 1. The molecule has 0 radical (unpaired) electrons. The summed E-state index contributed by atoms with van der Waals surface area (Å²) in [5.74, 6) is 6.37. The van der Waals surface area contributed by atoms with Gasteiger partial charge in [0, 0.05) is 17.2 Å². The summed E-state index contributed by atoms with van der Waals surface area (Å²) in [5, 5.41) is 10.2. The normalized spacial score (nSPS) is 18.4. The lowest BCUT2D eigenvalue weighted by molar-refractivity contribution is 0.0457. The second kappa shape index (κ2) is 7.13.